The zero-order valence-electron chi connectivity index (χ0n) is 19.0. The van der Waals surface area contributed by atoms with Gasteiger partial charge in [-0.05, 0) is 54.8 Å². The summed E-state index contributed by atoms with van der Waals surface area (Å²) in [6, 6.07) is 21.6. The molecule has 0 atom stereocenters. The van der Waals surface area contributed by atoms with Crippen molar-refractivity contribution in [1.82, 2.24) is 14.9 Å². The number of aromatic nitrogens is 2. The van der Waals surface area contributed by atoms with E-state index in [4.69, 9.17) is 21.3 Å². The molecule has 0 unspecified atom stereocenters. The van der Waals surface area contributed by atoms with E-state index in [1.807, 2.05) is 48.5 Å². The predicted octanol–water partition coefficient (Wildman–Crippen LogP) is 5.29. The smallest absolute Gasteiger partial charge is 0.224 e. The number of imidazole rings is 1. The number of benzene rings is 3. The summed E-state index contributed by atoms with van der Waals surface area (Å²) < 4.78 is 8.27. The summed E-state index contributed by atoms with van der Waals surface area (Å²) in [6.07, 6.45) is 0.895. The minimum Gasteiger partial charge on any atom is -0.491 e. The number of amides is 1. The number of hydrogen-bond acceptors (Lipinski definition) is 3. The van der Waals surface area contributed by atoms with Gasteiger partial charge in [0.1, 0.15) is 18.2 Å². The highest BCUT2D eigenvalue weighted by Crippen LogP contribution is 2.21. The van der Waals surface area contributed by atoms with Gasteiger partial charge >= 0.3 is 0 Å². The van der Waals surface area contributed by atoms with Crippen LogP contribution < -0.4 is 10.1 Å². The molecule has 33 heavy (non-hydrogen) atoms. The van der Waals surface area contributed by atoms with Crippen molar-refractivity contribution in [3.8, 4) is 5.75 Å². The van der Waals surface area contributed by atoms with Gasteiger partial charge in [-0.2, -0.15) is 0 Å². The summed E-state index contributed by atoms with van der Waals surface area (Å²) in [6.45, 7) is 5.88. The average molecular weight is 462 g/mol. The van der Waals surface area contributed by atoms with E-state index in [9.17, 15) is 4.79 Å². The normalized spacial score (nSPS) is 11.0. The van der Waals surface area contributed by atoms with E-state index in [-0.39, 0.29) is 12.3 Å². The first-order valence-corrected chi connectivity index (χ1v) is 11.5. The Morgan fingerprint density at radius 1 is 1.03 bits per heavy atom. The predicted molar refractivity (Wildman–Crippen MR) is 133 cm³/mol. The van der Waals surface area contributed by atoms with Gasteiger partial charge in [0.2, 0.25) is 5.91 Å². The van der Waals surface area contributed by atoms with Crippen molar-refractivity contribution in [3.63, 3.8) is 0 Å². The minimum absolute atomic E-state index is 0.0518. The molecule has 1 amide bonds. The Bertz CT molecular complexity index is 1270. The largest absolute Gasteiger partial charge is 0.491 e. The molecule has 0 aliphatic heterocycles. The number of carbonyl (C=O) groups is 1. The molecule has 1 aromatic heterocycles. The number of carbonyl (C=O) groups excluding carboxylic acids is 1. The van der Waals surface area contributed by atoms with E-state index in [1.165, 1.54) is 5.56 Å². The van der Waals surface area contributed by atoms with Gasteiger partial charge in [0.15, 0.2) is 0 Å². The van der Waals surface area contributed by atoms with E-state index in [2.05, 4.69) is 35.9 Å². The van der Waals surface area contributed by atoms with Crippen molar-refractivity contribution in [2.24, 2.45) is 0 Å². The fourth-order valence-electron chi connectivity index (χ4n) is 3.88. The van der Waals surface area contributed by atoms with Crippen molar-refractivity contribution in [2.75, 3.05) is 13.2 Å². The summed E-state index contributed by atoms with van der Waals surface area (Å²) in [4.78, 5) is 17.2. The molecule has 0 bridgehead atoms. The maximum atomic E-state index is 12.4. The van der Waals surface area contributed by atoms with Crippen LogP contribution in [0, 0.1) is 13.8 Å². The van der Waals surface area contributed by atoms with Crippen LogP contribution in [0.2, 0.25) is 5.02 Å². The maximum Gasteiger partial charge on any atom is 0.224 e. The van der Waals surface area contributed by atoms with Gasteiger partial charge in [-0.1, -0.05) is 54.1 Å². The van der Waals surface area contributed by atoms with Crippen LogP contribution >= 0.6 is 11.6 Å². The van der Waals surface area contributed by atoms with Crippen LogP contribution in [0.5, 0.6) is 5.75 Å². The first-order chi connectivity index (χ1) is 16.0. The third-order valence-electron chi connectivity index (χ3n) is 5.84. The molecule has 170 valence electrons. The van der Waals surface area contributed by atoms with E-state index >= 15 is 0 Å². The van der Waals surface area contributed by atoms with Crippen molar-refractivity contribution in [3.05, 3.63) is 94.3 Å². The Kier molecular flexibility index (Phi) is 7.30. The third kappa shape index (κ3) is 5.55. The second-order valence-electron chi connectivity index (χ2n) is 8.08. The quantitative estimate of drug-likeness (QED) is 0.368. The van der Waals surface area contributed by atoms with Crippen LogP contribution in [-0.2, 0) is 24.2 Å². The Morgan fingerprint density at radius 2 is 1.82 bits per heavy atom. The van der Waals surface area contributed by atoms with Crippen LogP contribution in [0.25, 0.3) is 11.0 Å². The zero-order chi connectivity index (χ0) is 23.2. The molecule has 3 aromatic carbocycles. The number of aryl methyl sites for hydroxylation is 1. The van der Waals surface area contributed by atoms with E-state index < -0.39 is 0 Å². The molecule has 1 N–H and O–H groups in total. The van der Waals surface area contributed by atoms with E-state index in [0.717, 1.165) is 33.7 Å². The number of halogens is 1. The highest BCUT2D eigenvalue weighted by atomic mass is 35.5. The SMILES string of the molecule is Cc1cccc(OCCn2c(CCNC(=O)Cc3ccccc3Cl)nc3ccccc32)c1C. The maximum absolute atomic E-state index is 12.4. The molecule has 0 spiro atoms. The van der Waals surface area contributed by atoms with Gasteiger partial charge in [0.25, 0.3) is 0 Å². The van der Waals surface area contributed by atoms with Gasteiger partial charge in [-0.25, -0.2) is 4.98 Å². The van der Waals surface area contributed by atoms with Crippen LogP contribution in [0.15, 0.2) is 66.7 Å². The van der Waals surface area contributed by atoms with Crippen LogP contribution in [0.4, 0.5) is 0 Å². The lowest BCUT2D eigenvalue weighted by molar-refractivity contribution is -0.120. The molecular weight excluding hydrogens is 434 g/mol. The van der Waals surface area contributed by atoms with E-state index in [0.29, 0.717) is 31.1 Å². The summed E-state index contributed by atoms with van der Waals surface area (Å²) >= 11 is 6.17. The number of rotatable bonds is 9. The number of hydrogen-bond donors (Lipinski definition) is 1. The van der Waals surface area contributed by atoms with Crippen LogP contribution in [0.1, 0.15) is 22.5 Å². The molecule has 0 saturated carbocycles. The number of ether oxygens (including phenoxy) is 1. The summed E-state index contributed by atoms with van der Waals surface area (Å²) in [7, 11) is 0. The van der Waals surface area contributed by atoms with Gasteiger partial charge in [0.05, 0.1) is 24.0 Å². The van der Waals surface area contributed by atoms with Crippen LogP contribution in [-0.4, -0.2) is 28.6 Å². The summed E-state index contributed by atoms with van der Waals surface area (Å²) in [5.74, 6) is 1.79. The molecule has 0 saturated heterocycles. The van der Waals surface area contributed by atoms with Crippen molar-refractivity contribution < 1.29 is 9.53 Å². The molecular formula is C27H28ClN3O2. The fraction of sp³-hybridized carbons (Fsp3) is 0.259. The highest BCUT2D eigenvalue weighted by Gasteiger charge is 2.12. The molecule has 6 heteroatoms. The molecule has 4 aromatic rings. The monoisotopic (exact) mass is 461 g/mol. The lowest BCUT2D eigenvalue weighted by Crippen LogP contribution is -2.28. The standard InChI is InChI=1S/C27H28ClN3O2/c1-19-8-7-13-25(20(19)2)33-17-16-31-24-12-6-5-11-23(24)30-26(31)14-15-29-27(32)18-21-9-3-4-10-22(21)28/h3-13H,14-18H2,1-2H3,(H,29,32). The molecule has 4 rings (SSSR count). The number of nitrogens with one attached hydrogen (secondary N) is 1. The summed E-state index contributed by atoms with van der Waals surface area (Å²) in [5, 5.41) is 3.60. The zero-order valence-corrected chi connectivity index (χ0v) is 19.7. The molecule has 0 radical (unpaired) electrons. The lowest BCUT2D eigenvalue weighted by Gasteiger charge is -2.13. The van der Waals surface area contributed by atoms with Gasteiger partial charge in [-0.15, -0.1) is 0 Å². The third-order valence-corrected chi connectivity index (χ3v) is 6.21. The molecule has 5 nitrogen and oxygen atoms in total. The van der Waals surface area contributed by atoms with Crippen molar-refractivity contribution in [1.29, 1.82) is 0 Å². The summed E-state index contributed by atoms with van der Waals surface area (Å²) in [5.41, 5.74) is 5.22. The van der Waals surface area contributed by atoms with Gasteiger partial charge < -0.3 is 14.6 Å². The lowest BCUT2D eigenvalue weighted by atomic mass is 10.1. The molecule has 1 heterocycles. The minimum atomic E-state index is -0.0518. The average Bonchev–Trinajstić information content (AvgIpc) is 3.15. The highest BCUT2D eigenvalue weighted by molar-refractivity contribution is 6.31. The van der Waals surface area contributed by atoms with Crippen molar-refractivity contribution >= 4 is 28.5 Å². The van der Waals surface area contributed by atoms with E-state index in [1.54, 1.807) is 6.07 Å². The Balaban J connectivity index is 1.40. The number of fused-ring (bicyclic) bond motifs is 1. The number of para-hydroxylation sites is 2. The second-order valence-corrected chi connectivity index (χ2v) is 8.49. The molecule has 0 fully saturated rings. The van der Waals surface area contributed by atoms with Crippen LogP contribution in [0.3, 0.4) is 0 Å². The first kappa shape index (κ1) is 22.9. The van der Waals surface area contributed by atoms with Gasteiger partial charge in [0, 0.05) is 18.0 Å². The first-order valence-electron chi connectivity index (χ1n) is 11.2. The fourth-order valence-corrected chi connectivity index (χ4v) is 4.09. The molecule has 0 aliphatic rings. The Labute approximate surface area is 199 Å². The van der Waals surface area contributed by atoms with Crippen molar-refractivity contribution in [2.45, 2.75) is 33.2 Å². The Morgan fingerprint density at radius 3 is 2.67 bits per heavy atom. The number of nitrogens with zero attached hydrogens (tertiary/aromatic N) is 2. The molecule has 0 aliphatic carbocycles. The topological polar surface area (TPSA) is 56.1 Å². The van der Waals surface area contributed by atoms with Gasteiger partial charge in [-0.3, -0.25) is 4.79 Å². The second kappa shape index (κ2) is 10.5. The Hall–Kier alpha value is -3.31.